The Balaban J connectivity index is 1.74. The van der Waals surface area contributed by atoms with Crippen molar-refractivity contribution in [2.75, 3.05) is 43.0 Å². The van der Waals surface area contributed by atoms with Gasteiger partial charge in [-0.15, -0.1) is 0 Å². The van der Waals surface area contributed by atoms with Crippen molar-refractivity contribution < 1.29 is 17.9 Å². The van der Waals surface area contributed by atoms with Gasteiger partial charge in [-0.05, 0) is 36.4 Å². The van der Waals surface area contributed by atoms with Crippen LogP contribution >= 0.6 is 0 Å². The predicted molar refractivity (Wildman–Crippen MR) is 127 cm³/mol. The lowest BCUT2D eigenvalue weighted by Crippen LogP contribution is -2.42. The molecule has 0 saturated heterocycles. The van der Waals surface area contributed by atoms with Crippen molar-refractivity contribution in [3.8, 4) is 5.75 Å². The van der Waals surface area contributed by atoms with E-state index in [0.717, 1.165) is 9.99 Å². The van der Waals surface area contributed by atoms with Gasteiger partial charge in [-0.1, -0.05) is 42.5 Å². The number of anilines is 2. The molecular weight excluding hydrogens is 426 g/mol. The van der Waals surface area contributed by atoms with E-state index in [1.165, 1.54) is 19.2 Å². The van der Waals surface area contributed by atoms with E-state index >= 15 is 0 Å². The average Bonchev–Trinajstić information content (AvgIpc) is 2.83. The fourth-order valence-corrected chi connectivity index (χ4v) is 4.60. The number of benzene rings is 3. The molecule has 8 heteroatoms. The van der Waals surface area contributed by atoms with Crippen LogP contribution in [0.1, 0.15) is 0 Å². The van der Waals surface area contributed by atoms with Gasteiger partial charge < -0.3 is 15.0 Å². The standard InChI is InChI=1S/C24H27N3O4S/c1-26(20-10-5-3-6-11-20)17-16-25-24(28)19-27(21-12-9-13-22(18-21)31-2)32(29,30)23-14-7-4-8-15-23/h3-15,18H,16-17,19H2,1-2H3,(H,25,28). The van der Waals surface area contributed by atoms with Crippen LogP contribution in [0.3, 0.4) is 0 Å². The molecule has 0 spiro atoms. The molecule has 1 amide bonds. The number of ether oxygens (including phenoxy) is 1. The van der Waals surface area contributed by atoms with Crippen LogP contribution in [-0.4, -0.2) is 48.1 Å². The van der Waals surface area contributed by atoms with Gasteiger partial charge in [-0.3, -0.25) is 9.10 Å². The Hall–Kier alpha value is -3.52. The normalized spacial score (nSPS) is 10.9. The van der Waals surface area contributed by atoms with Gasteiger partial charge in [0.15, 0.2) is 0 Å². The molecule has 32 heavy (non-hydrogen) atoms. The first kappa shape index (κ1) is 23.1. The molecule has 0 aliphatic heterocycles. The highest BCUT2D eigenvalue weighted by molar-refractivity contribution is 7.92. The highest BCUT2D eigenvalue weighted by atomic mass is 32.2. The van der Waals surface area contributed by atoms with E-state index < -0.39 is 15.9 Å². The maximum Gasteiger partial charge on any atom is 0.264 e. The Morgan fingerprint density at radius 2 is 1.53 bits per heavy atom. The van der Waals surface area contributed by atoms with Crippen LogP contribution in [0, 0.1) is 0 Å². The fourth-order valence-electron chi connectivity index (χ4n) is 3.16. The first-order chi connectivity index (χ1) is 15.4. The number of para-hydroxylation sites is 1. The van der Waals surface area contributed by atoms with Crippen LogP contribution in [0.15, 0.2) is 89.8 Å². The molecule has 3 aromatic rings. The van der Waals surface area contributed by atoms with Gasteiger partial charge in [0.1, 0.15) is 12.3 Å². The lowest BCUT2D eigenvalue weighted by atomic mass is 10.3. The van der Waals surface area contributed by atoms with Crippen molar-refractivity contribution in [2.45, 2.75) is 4.90 Å². The molecule has 0 unspecified atom stereocenters. The van der Waals surface area contributed by atoms with E-state index in [0.29, 0.717) is 24.5 Å². The number of methoxy groups -OCH3 is 1. The van der Waals surface area contributed by atoms with Crippen molar-refractivity contribution >= 4 is 27.3 Å². The lowest BCUT2D eigenvalue weighted by Gasteiger charge is -2.25. The molecule has 7 nitrogen and oxygen atoms in total. The number of amides is 1. The van der Waals surface area contributed by atoms with Crippen LogP contribution in [0.25, 0.3) is 0 Å². The molecule has 1 N–H and O–H groups in total. The monoisotopic (exact) mass is 453 g/mol. The number of sulfonamides is 1. The molecule has 0 aliphatic carbocycles. The summed E-state index contributed by atoms with van der Waals surface area (Å²) in [6, 6.07) is 24.5. The Bertz CT molecular complexity index is 1120. The number of rotatable bonds is 10. The summed E-state index contributed by atoms with van der Waals surface area (Å²) in [4.78, 5) is 14.8. The van der Waals surface area contributed by atoms with E-state index in [4.69, 9.17) is 4.74 Å². The highest BCUT2D eigenvalue weighted by Gasteiger charge is 2.27. The SMILES string of the molecule is COc1cccc(N(CC(=O)NCCN(C)c2ccccc2)S(=O)(=O)c2ccccc2)c1. The zero-order valence-electron chi connectivity index (χ0n) is 18.1. The summed E-state index contributed by atoms with van der Waals surface area (Å²) in [5, 5.41) is 2.82. The minimum Gasteiger partial charge on any atom is -0.497 e. The van der Waals surface area contributed by atoms with Gasteiger partial charge in [-0.25, -0.2) is 8.42 Å². The van der Waals surface area contributed by atoms with E-state index in [1.807, 2.05) is 42.3 Å². The van der Waals surface area contributed by atoms with Crippen molar-refractivity contribution in [1.29, 1.82) is 0 Å². The molecule has 0 fully saturated rings. The second-order valence-electron chi connectivity index (χ2n) is 7.13. The summed E-state index contributed by atoms with van der Waals surface area (Å²) in [7, 11) is -0.513. The summed E-state index contributed by atoms with van der Waals surface area (Å²) in [5.41, 5.74) is 1.39. The largest absolute Gasteiger partial charge is 0.497 e. The Morgan fingerprint density at radius 3 is 2.19 bits per heavy atom. The van der Waals surface area contributed by atoms with E-state index in [-0.39, 0.29) is 11.4 Å². The van der Waals surface area contributed by atoms with Crippen molar-refractivity contribution in [2.24, 2.45) is 0 Å². The number of carbonyl (C=O) groups excluding carboxylic acids is 1. The van der Waals surface area contributed by atoms with E-state index in [1.54, 1.807) is 42.5 Å². The lowest BCUT2D eigenvalue weighted by molar-refractivity contribution is -0.119. The predicted octanol–water partition coefficient (Wildman–Crippen LogP) is 3.14. The minimum absolute atomic E-state index is 0.111. The third kappa shape index (κ3) is 5.79. The fraction of sp³-hybridized carbons (Fsp3) is 0.208. The molecule has 0 bridgehead atoms. The topological polar surface area (TPSA) is 79.0 Å². The quantitative estimate of drug-likeness (QED) is 0.510. The van der Waals surface area contributed by atoms with Crippen LogP contribution in [0.2, 0.25) is 0 Å². The van der Waals surface area contributed by atoms with Crippen LogP contribution in [0.4, 0.5) is 11.4 Å². The second kappa shape index (κ2) is 10.7. The number of hydrogen-bond acceptors (Lipinski definition) is 5. The molecule has 0 aliphatic rings. The first-order valence-corrected chi connectivity index (χ1v) is 11.6. The summed E-state index contributed by atoms with van der Waals surface area (Å²) in [5.74, 6) is 0.106. The van der Waals surface area contributed by atoms with Crippen LogP contribution in [-0.2, 0) is 14.8 Å². The Kier molecular flexibility index (Phi) is 7.72. The summed E-state index contributed by atoms with van der Waals surface area (Å²) < 4.78 is 33.0. The first-order valence-electron chi connectivity index (χ1n) is 10.2. The second-order valence-corrected chi connectivity index (χ2v) is 9.00. The van der Waals surface area contributed by atoms with Crippen molar-refractivity contribution in [3.05, 3.63) is 84.9 Å². The molecule has 0 heterocycles. The van der Waals surface area contributed by atoms with Crippen molar-refractivity contribution in [1.82, 2.24) is 5.32 Å². The molecular formula is C24H27N3O4S. The minimum atomic E-state index is -3.95. The number of nitrogens with one attached hydrogen (secondary N) is 1. The van der Waals surface area contributed by atoms with Crippen molar-refractivity contribution in [3.63, 3.8) is 0 Å². The van der Waals surface area contributed by atoms with E-state index in [9.17, 15) is 13.2 Å². The molecule has 0 saturated carbocycles. The maximum atomic E-state index is 13.3. The van der Waals surface area contributed by atoms with Gasteiger partial charge in [0.25, 0.3) is 10.0 Å². The number of nitrogens with zero attached hydrogens (tertiary/aromatic N) is 2. The molecule has 0 radical (unpaired) electrons. The maximum absolute atomic E-state index is 13.3. The van der Waals surface area contributed by atoms with Gasteiger partial charge in [-0.2, -0.15) is 0 Å². The molecule has 0 atom stereocenters. The highest BCUT2D eigenvalue weighted by Crippen LogP contribution is 2.26. The zero-order chi connectivity index (χ0) is 23.0. The summed E-state index contributed by atoms with van der Waals surface area (Å²) in [6.07, 6.45) is 0. The van der Waals surface area contributed by atoms with Crippen LogP contribution in [0.5, 0.6) is 5.75 Å². The summed E-state index contributed by atoms with van der Waals surface area (Å²) in [6.45, 7) is 0.612. The zero-order valence-corrected chi connectivity index (χ0v) is 19.0. The van der Waals surface area contributed by atoms with Gasteiger partial charge in [0, 0.05) is 31.9 Å². The number of likely N-dealkylation sites (N-methyl/N-ethyl adjacent to an activating group) is 1. The number of carbonyl (C=O) groups is 1. The molecule has 3 aromatic carbocycles. The van der Waals surface area contributed by atoms with E-state index in [2.05, 4.69) is 5.32 Å². The summed E-state index contributed by atoms with van der Waals surface area (Å²) >= 11 is 0. The van der Waals surface area contributed by atoms with Gasteiger partial charge >= 0.3 is 0 Å². The van der Waals surface area contributed by atoms with Gasteiger partial charge in [0.05, 0.1) is 17.7 Å². The smallest absolute Gasteiger partial charge is 0.264 e. The number of hydrogen-bond donors (Lipinski definition) is 1. The third-order valence-corrected chi connectivity index (χ3v) is 6.71. The molecule has 0 aromatic heterocycles. The average molecular weight is 454 g/mol. The molecule has 168 valence electrons. The Morgan fingerprint density at radius 1 is 0.906 bits per heavy atom. The molecule has 3 rings (SSSR count). The van der Waals surface area contributed by atoms with Crippen LogP contribution < -0.4 is 19.3 Å². The third-order valence-electron chi connectivity index (χ3n) is 4.93. The van der Waals surface area contributed by atoms with Gasteiger partial charge in [0.2, 0.25) is 5.91 Å². The Labute approximate surface area is 189 Å².